The molecule has 0 aromatic carbocycles. The minimum absolute atomic E-state index is 0.549. The van der Waals surface area contributed by atoms with E-state index in [9.17, 15) is 0 Å². The third kappa shape index (κ3) is 3.53. The van der Waals surface area contributed by atoms with E-state index in [0.717, 1.165) is 6.42 Å². The van der Waals surface area contributed by atoms with Gasteiger partial charge in [-0.05, 0) is 19.9 Å². The van der Waals surface area contributed by atoms with Gasteiger partial charge in [0.05, 0.1) is 0 Å². The van der Waals surface area contributed by atoms with Gasteiger partial charge in [-0.15, -0.1) is 11.8 Å². The lowest BCUT2D eigenvalue weighted by Gasteiger charge is -2.16. The van der Waals surface area contributed by atoms with Crippen molar-refractivity contribution in [1.82, 2.24) is 5.32 Å². The second-order valence-corrected chi connectivity index (χ2v) is 2.77. The maximum atomic E-state index is 3.23. The van der Waals surface area contributed by atoms with E-state index < -0.39 is 0 Å². The van der Waals surface area contributed by atoms with Crippen LogP contribution >= 0.6 is 0 Å². The lowest BCUT2D eigenvalue weighted by Crippen LogP contribution is -2.29. The van der Waals surface area contributed by atoms with Crippen LogP contribution in [0.5, 0.6) is 0 Å². The molecule has 0 aromatic heterocycles. The average molecular weight is 139 g/mol. The van der Waals surface area contributed by atoms with Crippen LogP contribution in [0.4, 0.5) is 0 Å². The molecule has 0 fully saturated rings. The van der Waals surface area contributed by atoms with E-state index in [2.05, 4.69) is 31.0 Å². The molecular formula is C9H17N. The predicted molar refractivity (Wildman–Crippen MR) is 45.8 cm³/mol. The van der Waals surface area contributed by atoms with Crippen molar-refractivity contribution >= 4 is 0 Å². The fourth-order valence-corrected chi connectivity index (χ4v) is 0.883. The molecule has 1 heteroatoms. The molecule has 0 bridgehead atoms. The van der Waals surface area contributed by atoms with Crippen molar-refractivity contribution in [3.63, 3.8) is 0 Å². The van der Waals surface area contributed by atoms with Crippen LogP contribution in [0.15, 0.2) is 0 Å². The van der Waals surface area contributed by atoms with Crippen LogP contribution in [-0.2, 0) is 0 Å². The molecular weight excluding hydrogens is 122 g/mol. The summed E-state index contributed by atoms with van der Waals surface area (Å²) >= 11 is 0. The van der Waals surface area contributed by atoms with E-state index in [1.165, 1.54) is 0 Å². The molecule has 0 amide bonds. The molecule has 0 rings (SSSR count). The summed E-state index contributed by atoms with van der Waals surface area (Å²) in [5.41, 5.74) is 0. The van der Waals surface area contributed by atoms with Gasteiger partial charge in [0.15, 0.2) is 0 Å². The van der Waals surface area contributed by atoms with Crippen LogP contribution in [0.1, 0.15) is 27.2 Å². The molecule has 0 aliphatic carbocycles. The SMILES string of the molecule is CC#CCC(NC)C(C)C. The number of nitrogens with one attached hydrogen (secondary N) is 1. The van der Waals surface area contributed by atoms with Crippen molar-refractivity contribution in [3.05, 3.63) is 0 Å². The predicted octanol–water partition coefficient (Wildman–Crippen LogP) is 1.64. The lowest BCUT2D eigenvalue weighted by atomic mass is 10.0. The first-order chi connectivity index (χ1) is 4.72. The van der Waals surface area contributed by atoms with Gasteiger partial charge >= 0.3 is 0 Å². The molecule has 1 unspecified atom stereocenters. The number of rotatable bonds is 3. The van der Waals surface area contributed by atoms with E-state index in [1.807, 2.05) is 14.0 Å². The normalized spacial score (nSPS) is 12.5. The molecule has 0 saturated carbocycles. The summed E-state index contributed by atoms with van der Waals surface area (Å²) in [6.07, 6.45) is 0.963. The second-order valence-electron chi connectivity index (χ2n) is 2.77. The summed E-state index contributed by atoms with van der Waals surface area (Å²) in [5.74, 6) is 6.64. The Morgan fingerprint density at radius 2 is 2.00 bits per heavy atom. The summed E-state index contributed by atoms with van der Waals surface area (Å²) in [4.78, 5) is 0. The van der Waals surface area contributed by atoms with Crippen molar-refractivity contribution in [2.45, 2.75) is 33.2 Å². The van der Waals surface area contributed by atoms with Gasteiger partial charge in [-0.25, -0.2) is 0 Å². The first kappa shape index (κ1) is 9.52. The van der Waals surface area contributed by atoms with Crippen molar-refractivity contribution < 1.29 is 0 Å². The monoisotopic (exact) mass is 139 g/mol. The van der Waals surface area contributed by atoms with Crippen LogP contribution in [-0.4, -0.2) is 13.1 Å². The summed E-state index contributed by atoms with van der Waals surface area (Å²) in [7, 11) is 1.99. The molecule has 10 heavy (non-hydrogen) atoms. The van der Waals surface area contributed by atoms with Crippen molar-refractivity contribution in [1.29, 1.82) is 0 Å². The van der Waals surface area contributed by atoms with Gasteiger partial charge in [-0.2, -0.15) is 0 Å². The van der Waals surface area contributed by atoms with Crippen molar-refractivity contribution in [3.8, 4) is 11.8 Å². The second kappa shape index (κ2) is 5.32. The molecule has 0 aliphatic rings. The smallest absolute Gasteiger partial charge is 0.0245 e. The first-order valence-electron chi connectivity index (χ1n) is 3.79. The van der Waals surface area contributed by atoms with E-state index in [1.54, 1.807) is 0 Å². The van der Waals surface area contributed by atoms with E-state index >= 15 is 0 Å². The fraction of sp³-hybridized carbons (Fsp3) is 0.778. The minimum Gasteiger partial charge on any atom is -0.316 e. The van der Waals surface area contributed by atoms with Crippen LogP contribution < -0.4 is 5.32 Å². The Labute approximate surface area is 64.2 Å². The molecule has 0 saturated heterocycles. The van der Waals surface area contributed by atoms with Gasteiger partial charge in [-0.3, -0.25) is 0 Å². The zero-order chi connectivity index (χ0) is 7.98. The summed E-state index contributed by atoms with van der Waals surface area (Å²) in [5, 5.41) is 3.23. The summed E-state index contributed by atoms with van der Waals surface area (Å²) < 4.78 is 0. The van der Waals surface area contributed by atoms with Crippen molar-refractivity contribution in [2.75, 3.05) is 7.05 Å². The molecule has 0 aliphatic heterocycles. The third-order valence-corrected chi connectivity index (χ3v) is 1.67. The summed E-state index contributed by atoms with van der Waals surface area (Å²) in [6, 6.07) is 0.549. The zero-order valence-electron chi connectivity index (χ0n) is 7.36. The summed E-state index contributed by atoms with van der Waals surface area (Å²) in [6.45, 7) is 6.30. The highest BCUT2D eigenvalue weighted by Gasteiger charge is 2.07. The molecule has 0 spiro atoms. The Morgan fingerprint density at radius 3 is 2.30 bits per heavy atom. The molecule has 0 heterocycles. The van der Waals surface area contributed by atoms with Crippen molar-refractivity contribution in [2.24, 2.45) is 5.92 Å². The van der Waals surface area contributed by atoms with Gasteiger partial charge in [0.25, 0.3) is 0 Å². The van der Waals surface area contributed by atoms with Gasteiger partial charge in [-0.1, -0.05) is 13.8 Å². The first-order valence-corrected chi connectivity index (χ1v) is 3.79. The van der Waals surface area contributed by atoms with Crippen LogP contribution in [0.3, 0.4) is 0 Å². The Hall–Kier alpha value is -0.480. The molecule has 1 atom stereocenters. The van der Waals surface area contributed by atoms with Crippen LogP contribution in [0, 0.1) is 17.8 Å². The van der Waals surface area contributed by atoms with Gasteiger partial charge in [0.2, 0.25) is 0 Å². The number of hydrogen-bond donors (Lipinski definition) is 1. The third-order valence-electron chi connectivity index (χ3n) is 1.67. The molecule has 58 valence electrons. The quantitative estimate of drug-likeness (QED) is 0.586. The lowest BCUT2D eigenvalue weighted by molar-refractivity contribution is 0.435. The maximum absolute atomic E-state index is 3.23. The Balaban J connectivity index is 3.67. The van der Waals surface area contributed by atoms with Crippen LogP contribution in [0.25, 0.3) is 0 Å². The standard InChI is InChI=1S/C9H17N/c1-5-6-7-9(10-4)8(2)3/h8-10H,7H2,1-4H3. The van der Waals surface area contributed by atoms with Gasteiger partial charge in [0.1, 0.15) is 0 Å². The molecule has 1 nitrogen and oxygen atoms in total. The topological polar surface area (TPSA) is 12.0 Å². The number of hydrogen-bond acceptors (Lipinski definition) is 1. The average Bonchev–Trinajstić information content (AvgIpc) is 1.89. The van der Waals surface area contributed by atoms with E-state index in [4.69, 9.17) is 0 Å². The van der Waals surface area contributed by atoms with Gasteiger partial charge < -0.3 is 5.32 Å². The highest BCUT2D eigenvalue weighted by Crippen LogP contribution is 2.03. The van der Waals surface area contributed by atoms with Crippen LogP contribution in [0.2, 0.25) is 0 Å². The Kier molecular flexibility index (Phi) is 5.06. The highest BCUT2D eigenvalue weighted by atomic mass is 14.9. The molecule has 0 aromatic rings. The minimum atomic E-state index is 0.549. The van der Waals surface area contributed by atoms with E-state index in [-0.39, 0.29) is 0 Å². The maximum Gasteiger partial charge on any atom is 0.0245 e. The molecule has 0 radical (unpaired) electrons. The van der Waals surface area contributed by atoms with Gasteiger partial charge in [0, 0.05) is 12.5 Å². The highest BCUT2D eigenvalue weighted by molar-refractivity contribution is 4.98. The zero-order valence-corrected chi connectivity index (χ0v) is 7.36. The fourth-order valence-electron chi connectivity index (χ4n) is 0.883. The molecule has 1 N–H and O–H groups in total. The van der Waals surface area contributed by atoms with E-state index in [0.29, 0.717) is 12.0 Å². The largest absolute Gasteiger partial charge is 0.316 e. The Bertz CT molecular complexity index is 127. The Morgan fingerprint density at radius 1 is 1.40 bits per heavy atom.